The summed E-state index contributed by atoms with van der Waals surface area (Å²) in [7, 11) is 0. The van der Waals surface area contributed by atoms with Gasteiger partial charge in [-0.05, 0) is 18.1 Å². The minimum Gasteiger partial charge on any atom is -0.481 e. The minimum atomic E-state index is -0.884. The first-order valence-corrected chi connectivity index (χ1v) is 6.57. The first kappa shape index (κ1) is 15.2. The minimum absolute atomic E-state index is 0.0157. The average molecular weight is 284 g/mol. The number of hydrogen-bond acceptors (Lipinski definition) is 4. The van der Waals surface area contributed by atoms with Crippen LogP contribution in [-0.4, -0.2) is 29.4 Å². The summed E-state index contributed by atoms with van der Waals surface area (Å²) in [5, 5.41) is 14.5. The predicted octanol–water partition coefficient (Wildman–Crippen LogP) is 1.55. The van der Waals surface area contributed by atoms with Crippen LogP contribution in [0.5, 0.6) is 0 Å². The fourth-order valence-electron chi connectivity index (χ4n) is 1.42. The van der Waals surface area contributed by atoms with E-state index in [1.165, 1.54) is 18.3 Å². The highest BCUT2D eigenvalue weighted by atomic mass is 32.1. The van der Waals surface area contributed by atoms with Gasteiger partial charge in [0.25, 0.3) is 5.91 Å². The first-order valence-electron chi connectivity index (χ1n) is 5.76. The lowest BCUT2D eigenvalue weighted by molar-refractivity contribution is -0.137. The number of carboxylic acids is 1. The first-order chi connectivity index (χ1) is 8.88. The van der Waals surface area contributed by atoms with Crippen LogP contribution in [0.3, 0.4) is 0 Å². The molecule has 0 bridgehead atoms. The van der Waals surface area contributed by atoms with Gasteiger partial charge in [-0.3, -0.25) is 14.4 Å². The Hall–Kier alpha value is -1.89. The van der Waals surface area contributed by atoms with Crippen LogP contribution in [0.4, 0.5) is 5.00 Å². The van der Waals surface area contributed by atoms with Gasteiger partial charge in [0.15, 0.2) is 0 Å². The van der Waals surface area contributed by atoms with Gasteiger partial charge in [0.1, 0.15) is 0 Å². The van der Waals surface area contributed by atoms with Gasteiger partial charge in [0.05, 0.1) is 9.88 Å². The van der Waals surface area contributed by atoms with Gasteiger partial charge in [0.2, 0.25) is 5.91 Å². The van der Waals surface area contributed by atoms with Crippen LogP contribution >= 0.6 is 11.3 Å². The van der Waals surface area contributed by atoms with Crippen molar-refractivity contribution < 1.29 is 19.5 Å². The van der Waals surface area contributed by atoms with Crippen molar-refractivity contribution in [2.45, 2.75) is 20.3 Å². The van der Waals surface area contributed by atoms with Gasteiger partial charge >= 0.3 is 5.97 Å². The van der Waals surface area contributed by atoms with Crippen molar-refractivity contribution in [1.29, 1.82) is 0 Å². The molecule has 1 heterocycles. The molecule has 6 nitrogen and oxygen atoms in total. The summed E-state index contributed by atoms with van der Waals surface area (Å²) in [6, 6.07) is 3.27. The highest BCUT2D eigenvalue weighted by Crippen LogP contribution is 2.21. The van der Waals surface area contributed by atoms with E-state index >= 15 is 0 Å². The third-order valence-electron chi connectivity index (χ3n) is 2.26. The van der Waals surface area contributed by atoms with Crippen LogP contribution in [0, 0.1) is 5.92 Å². The van der Waals surface area contributed by atoms with E-state index < -0.39 is 5.97 Å². The summed E-state index contributed by atoms with van der Waals surface area (Å²) in [5.74, 6) is -1.47. The maximum Gasteiger partial charge on any atom is 0.303 e. The van der Waals surface area contributed by atoms with Crippen LogP contribution in [0.1, 0.15) is 29.9 Å². The molecular formula is C12H16N2O4S. The van der Waals surface area contributed by atoms with Crippen LogP contribution in [0.2, 0.25) is 0 Å². The molecule has 0 saturated carbocycles. The summed E-state index contributed by atoms with van der Waals surface area (Å²) in [6.07, 6.45) is 0.0157. The number of carbonyl (C=O) groups is 3. The molecule has 0 aliphatic carbocycles. The van der Waals surface area contributed by atoms with Crippen LogP contribution in [-0.2, 0) is 9.59 Å². The molecule has 0 spiro atoms. The van der Waals surface area contributed by atoms with Gasteiger partial charge < -0.3 is 15.7 Å². The number of nitrogens with one attached hydrogen (secondary N) is 2. The van der Waals surface area contributed by atoms with Crippen LogP contribution in [0.15, 0.2) is 12.1 Å². The summed E-state index contributed by atoms with van der Waals surface area (Å²) in [6.45, 7) is 3.46. The third kappa shape index (κ3) is 5.52. The van der Waals surface area contributed by atoms with E-state index in [0.717, 1.165) is 0 Å². The molecule has 3 N–H and O–H groups in total. The molecule has 19 heavy (non-hydrogen) atoms. The molecule has 0 radical (unpaired) electrons. The van der Waals surface area contributed by atoms with Gasteiger partial charge in [-0.1, -0.05) is 6.92 Å². The Morgan fingerprint density at radius 2 is 2.05 bits per heavy atom. The zero-order chi connectivity index (χ0) is 14.4. The highest BCUT2D eigenvalue weighted by Gasteiger charge is 2.12. The van der Waals surface area contributed by atoms with E-state index in [-0.39, 0.29) is 24.2 Å². The van der Waals surface area contributed by atoms with Crippen LogP contribution < -0.4 is 10.6 Å². The Morgan fingerprint density at radius 3 is 2.63 bits per heavy atom. The van der Waals surface area contributed by atoms with E-state index in [4.69, 9.17) is 5.11 Å². The number of rotatable bonds is 6. The van der Waals surface area contributed by atoms with Crippen molar-refractivity contribution >= 4 is 34.1 Å². The molecule has 0 aliphatic heterocycles. The standard InChI is InChI=1S/C12H16N2O4S/c1-7(5-11(16)17)6-13-12(18)9-3-4-10(19-9)14-8(2)15/h3-4,7H,5-6H2,1-2H3,(H,13,18)(H,14,15)(H,16,17). The molecule has 0 saturated heterocycles. The Balaban J connectivity index is 2.47. The number of hydrogen-bond donors (Lipinski definition) is 3. The molecule has 1 aromatic heterocycles. The Kier molecular flexibility index (Phi) is 5.50. The molecule has 0 fully saturated rings. The van der Waals surface area contributed by atoms with Gasteiger partial charge in [0, 0.05) is 19.9 Å². The van der Waals surface area contributed by atoms with E-state index in [1.807, 2.05) is 0 Å². The molecular weight excluding hydrogens is 268 g/mol. The van der Waals surface area contributed by atoms with Crippen LogP contribution in [0.25, 0.3) is 0 Å². The average Bonchev–Trinajstić information content (AvgIpc) is 2.72. The SMILES string of the molecule is CC(=O)Nc1ccc(C(=O)NCC(C)CC(=O)O)s1. The quantitative estimate of drug-likeness (QED) is 0.738. The fraction of sp³-hybridized carbons (Fsp3) is 0.417. The second-order valence-electron chi connectivity index (χ2n) is 4.26. The fourth-order valence-corrected chi connectivity index (χ4v) is 2.29. The van der Waals surface area contributed by atoms with E-state index in [0.29, 0.717) is 16.4 Å². The molecule has 104 valence electrons. The molecule has 2 amide bonds. The molecule has 7 heteroatoms. The molecule has 0 aliphatic rings. The summed E-state index contributed by atoms with van der Waals surface area (Å²) in [5.41, 5.74) is 0. The maximum absolute atomic E-state index is 11.8. The van der Waals surface area contributed by atoms with Crippen molar-refractivity contribution in [3.63, 3.8) is 0 Å². The lowest BCUT2D eigenvalue weighted by atomic mass is 10.1. The van der Waals surface area contributed by atoms with E-state index in [9.17, 15) is 14.4 Å². The number of carboxylic acid groups (broad SMARTS) is 1. The zero-order valence-electron chi connectivity index (χ0n) is 10.7. The second kappa shape index (κ2) is 6.89. The lowest BCUT2D eigenvalue weighted by Gasteiger charge is -2.09. The second-order valence-corrected chi connectivity index (χ2v) is 5.34. The van der Waals surface area contributed by atoms with Gasteiger partial charge in [-0.15, -0.1) is 11.3 Å². The number of carbonyl (C=O) groups excluding carboxylic acids is 2. The number of anilines is 1. The summed E-state index contributed by atoms with van der Waals surface area (Å²) < 4.78 is 0. The van der Waals surface area contributed by atoms with Crippen molar-refractivity contribution in [3.8, 4) is 0 Å². The smallest absolute Gasteiger partial charge is 0.303 e. The van der Waals surface area contributed by atoms with E-state index in [1.54, 1.807) is 19.1 Å². The van der Waals surface area contributed by atoms with Crippen molar-refractivity contribution in [3.05, 3.63) is 17.0 Å². The lowest BCUT2D eigenvalue weighted by Crippen LogP contribution is -2.28. The van der Waals surface area contributed by atoms with Gasteiger partial charge in [-0.25, -0.2) is 0 Å². The Bertz CT molecular complexity index is 484. The number of amides is 2. The summed E-state index contributed by atoms with van der Waals surface area (Å²) in [4.78, 5) is 33.6. The number of aliphatic carboxylic acids is 1. The molecule has 1 unspecified atom stereocenters. The molecule has 1 rings (SSSR count). The monoisotopic (exact) mass is 284 g/mol. The van der Waals surface area contributed by atoms with E-state index in [2.05, 4.69) is 10.6 Å². The topological polar surface area (TPSA) is 95.5 Å². The van der Waals surface area contributed by atoms with Crippen molar-refractivity contribution in [2.75, 3.05) is 11.9 Å². The van der Waals surface area contributed by atoms with Crippen molar-refractivity contribution in [2.24, 2.45) is 5.92 Å². The maximum atomic E-state index is 11.8. The van der Waals surface area contributed by atoms with Gasteiger partial charge in [-0.2, -0.15) is 0 Å². The largest absolute Gasteiger partial charge is 0.481 e. The Morgan fingerprint density at radius 1 is 1.37 bits per heavy atom. The normalized spacial score (nSPS) is 11.7. The molecule has 0 aromatic carbocycles. The third-order valence-corrected chi connectivity index (χ3v) is 3.26. The van der Waals surface area contributed by atoms with Crippen molar-refractivity contribution in [1.82, 2.24) is 5.32 Å². The highest BCUT2D eigenvalue weighted by molar-refractivity contribution is 7.18. The molecule has 1 aromatic rings. The summed E-state index contributed by atoms with van der Waals surface area (Å²) >= 11 is 1.17. The molecule has 1 atom stereocenters. The Labute approximate surface area is 114 Å². The number of thiophene rings is 1. The predicted molar refractivity (Wildman–Crippen MR) is 72.4 cm³/mol. The zero-order valence-corrected chi connectivity index (χ0v) is 11.5.